The van der Waals surface area contributed by atoms with Crippen LogP contribution in [0.5, 0.6) is 17.2 Å². The minimum atomic E-state index is -3.04. The molecule has 0 atom stereocenters. The molecule has 0 fully saturated rings. The lowest BCUT2D eigenvalue weighted by molar-refractivity contribution is -0.123. The Morgan fingerprint density at radius 3 is 2.68 bits per heavy atom. The van der Waals surface area contributed by atoms with E-state index in [2.05, 4.69) is 15.3 Å². The van der Waals surface area contributed by atoms with E-state index in [-0.39, 0.29) is 23.1 Å². The third kappa shape index (κ3) is 6.09. The largest absolute Gasteiger partial charge is 0.493 e. The number of halogens is 3. The minimum Gasteiger partial charge on any atom is -0.493 e. The predicted octanol–water partition coefficient (Wildman–Crippen LogP) is 4.10. The molecule has 28 heavy (non-hydrogen) atoms. The molecule has 2 rings (SSSR count). The number of hydrogen-bond acceptors (Lipinski definition) is 5. The second kappa shape index (κ2) is 9.89. The molecule has 0 bridgehead atoms. The van der Waals surface area contributed by atoms with Crippen molar-refractivity contribution in [3.05, 3.63) is 52.0 Å². The van der Waals surface area contributed by atoms with Gasteiger partial charge < -0.3 is 14.2 Å². The topological polar surface area (TPSA) is 69.2 Å². The van der Waals surface area contributed by atoms with Crippen LogP contribution in [0, 0.1) is 13.8 Å². The summed E-state index contributed by atoms with van der Waals surface area (Å²) in [5.41, 5.74) is 4.66. The zero-order valence-electron chi connectivity index (χ0n) is 15.5. The molecule has 0 aliphatic rings. The van der Waals surface area contributed by atoms with Gasteiger partial charge in [-0.3, -0.25) is 4.79 Å². The molecule has 1 amide bonds. The molecule has 1 N–H and O–H groups in total. The number of amides is 1. The van der Waals surface area contributed by atoms with Gasteiger partial charge in [-0.15, -0.1) is 0 Å². The number of carbonyl (C=O) groups is 1. The number of aryl methyl sites for hydroxylation is 2. The van der Waals surface area contributed by atoms with Crippen molar-refractivity contribution in [1.29, 1.82) is 0 Å². The highest BCUT2D eigenvalue weighted by molar-refractivity contribution is 6.32. The molecule has 0 saturated carbocycles. The lowest BCUT2D eigenvalue weighted by Gasteiger charge is -2.12. The Balaban J connectivity index is 1.97. The van der Waals surface area contributed by atoms with Crippen LogP contribution in [-0.2, 0) is 4.79 Å². The van der Waals surface area contributed by atoms with E-state index >= 15 is 0 Å². The first-order valence-electron chi connectivity index (χ1n) is 8.14. The van der Waals surface area contributed by atoms with Gasteiger partial charge in [-0.05, 0) is 48.7 Å². The van der Waals surface area contributed by atoms with Gasteiger partial charge >= 0.3 is 6.61 Å². The minimum absolute atomic E-state index is 0.0128. The standard InChI is InChI=1S/C19H19ClF2N2O4/c1-11-4-5-12(2)15(6-11)27-10-17(25)24-23-9-13-7-14(20)18(28-19(21)22)16(8-13)26-3/h4-9,19H,10H2,1-3H3,(H,24,25)/b23-9-. The highest BCUT2D eigenvalue weighted by Crippen LogP contribution is 2.37. The Bertz CT molecular complexity index is 875. The Hall–Kier alpha value is -2.87. The molecule has 0 heterocycles. The van der Waals surface area contributed by atoms with E-state index in [1.165, 1.54) is 25.5 Å². The Morgan fingerprint density at radius 1 is 1.25 bits per heavy atom. The molecule has 9 heteroatoms. The lowest BCUT2D eigenvalue weighted by Crippen LogP contribution is -2.24. The number of hydrazone groups is 1. The second-order valence-electron chi connectivity index (χ2n) is 5.76. The molecule has 0 aliphatic carbocycles. The van der Waals surface area contributed by atoms with E-state index in [1.54, 1.807) is 0 Å². The van der Waals surface area contributed by atoms with Crippen LogP contribution in [0.1, 0.15) is 16.7 Å². The summed E-state index contributed by atoms with van der Waals surface area (Å²) >= 11 is 5.94. The highest BCUT2D eigenvalue weighted by Gasteiger charge is 2.15. The summed E-state index contributed by atoms with van der Waals surface area (Å²) in [5, 5.41) is 3.72. The van der Waals surface area contributed by atoms with Crippen LogP contribution in [0.4, 0.5) is 8.78 Å². The fourth-order valence-electron chi connectivity index (χ4n) is 2.23. The fraction of sp³-hybridized carbons (Fsp3) is 0.263. The first-order valence-corrected chi connectivity index (χ1v) is 8.52. The van der Waals surface area contributed by atoms with Gasteiger partial charge in [0.05, 0.1) is 18.3 Å². The number of methoxy groups -OCH3 is 1. The number of benzene rings is 2. The summed E-state index contributed by atoms with van der Waals surface area (Å²) in [6.45, 7) is 0.548. The van der Waals surface area contributed by atoms with Gasteiger partial charge in [0.15, 0.2) is 18.1 Å². The SMILES string of the molecule is COc1cc(/C=N\NC(=O)COc2cc(C)ccc2C)cc(Cl)c1OC(F)F. The van der Waals surface area contributed by atoms with E-state index in [9.17, 15) is 13.6 Å². The first-order chi connectivity index (χ1) is 13.3. The zero-order chi connectivity index (χ0) is 20.7. The van der Waals surface area contributed by atoms with Gasteiger partial charge in [0.1, 0.15) is 5.75 Å². The molecule has 0 spiro atoms. The van der Waals surface area contributed by atoms with Gasteiger partial charge in [-0.25, -0.2) is 5.43 Å². The monoisotopic (exact) mass is 412 g/mol. The molecular weight excluding hydrogens is 394 g/mol. The third-order valence-corrected chi connectivity index (χ3v) is 3.84. The van der Waals surface area contributed by atoms with Crippen molar-refractivity contribution in [3.8, 4) is 17.2 Å². The maximum absolute atomic E-state index is 12.4. The number of rotatable bonds is 8. The van der Waals surface area contributed by atoms with Gasteiger partial charge in [0.2, 0.25) is 0 Å². The Morgan fingerprint density at radius 2 is 2.00 bits per heavy atom. The van der Waals surface area contributed by atoms with E-state index in [4.69, 9.17) is 21.1 Å². The number of hydrogen-bond donors (Lipinski definition) is 1. The number of ether oxygens (including phenoxy) is 3. The maximum atomic E-state index is 12.4. The normalized spacial score (nSPS) is 11.0. The van der Waals surface area contributed by atoms with E-state index in [0.717, 1.165) is 11.1 Å². The number of alkyl halides is 2. The summed E-state index contributed by atoms with van der Waals surface area (Å²) in [7, 11) is 1.29. The molecule has 0 saturated heterocycles. The number of carbonyl (C=O) groups excluding carboxylic acids is 1. The van der Waals surface area contributed by atoms with Crippen molar-refractivity contribution in [2.24, 2.45) is 5.10 Å². The summed E-state index contributed by atoms with van der Waals surface area (Å²) < 4.78 is 39.7. The average Bonchev–Trinajstić information content (AvgIpc) is 2.64. The van der Waals surface area contributed by atoms with Crippen LogP contribution in [-0.4, -0.2) is 32.4 Å². The van der Waals surface area contributed by atoms with Crippen molar-refractivity contribution >= 4 is 23.7 Å². The Labute approximate surface area is 166 Å². The average molecular weight is 413 g/mol. The molecule has 6 nitrogen and oxygen atoms in total. The first kappa shape index (κ1) is 21.4. The van der Waals surface area contributed by atoms with Gasteiger partial charge in [-0.2, -0.15) is 13.9 Å². The maximum Gasteiger partial charge on any atom is 0.387 e. The smallest absolute Gasteiger partial charge is 0.387 e. The molecule has 2 aromatic rings. The third-order valence-electron chi connectivity index (χ3n) is 3.56. The predicted molar refractivity (Wildman–Crippen MR) is 102 cm³/mol. The molecule has 150 valence electrons. The molecule has 0 unspecified atom stereocenters. The van der Waals surface area contributed by atoms with Crippen molar-refractivity contribution < 1.29 is 27.8 Å². The van der Waals surface area contributed by atoms with Crippen molar-refractivity contribution in [2.45, 2.75) is 20.5 Å². The van der Waals surface area contributed by atoms with E-state index in [0.29, 0.717) is 11.3 Å². The zero-order valence-corrected chi connectivity index (χ0v) is 16.2. The van der Waals surface area contributed by atoms with Crippen LogP contribution in [0.25, 0.3) is 0 Å². The molecular formula is C19H19ClF2N2O4. The second-order valence-corrected chi connectivity index (χ2v) is 6.17. The summed E-state index contributed by atoms with van der Waals surface area (Å²) in [6.07, 6.45) is 1.29. The van der Waals surface area contributed by atoms with E-state index < -0.39 is 12.5 Å². The van der Waals surface area contributed by atoms with Crippen LogP contribution in [0.15, 0.2) is 35.4 Å². The van der Waals surface area contributed by atoms with Gasteiger partial charge in [0, 0.05) is 0 Å². The van der Waals surface area contributed by atoms with Crippen LogP contribution >= 0.6 is 11.6 Å². The lowest BCUT2D eigenvalue weighted by atomic mass is 10.1. The molecule has 2 aromatic carbocycles. The van der Waals surface area contributed by atoms with Crippen LogP contribution in [0.3, 0.4) is 0 Å². The summed E-state index contributed by atoms with van der Waals surface area (Å²) in [4.78, 5) is 11.9. The number of nitrogens with zero attached hydrogens (tertiary/aromatic N) is 1. The Kier molecular flexibility index (Phi) is 7.57. The van der Waals surface area contributed by atoms with Crippen LogP contribution < -0.4 is 19.6 Å². The quantitative estimate of drug-likeness (QED) is 0.523. The van der Waals surface area contributed by atoms with Crippen molar-refractivity contribution in [1.82, 2.24) is 5.43 Å². The van der Waals surface area contributed by atoms with Gasteiger partial charge in [0.25, 0.3) is 5.91 Å². The van der Waals surface area contributed by atoms with E-state index in [1.807, 2.05) is 32.0 Å². The van der Waals surface area contributed by atoms with Gasteiger partial charge in [-0.1, -0.05) is 23.7 Å². The highest BCUT2D eigenvalue weighted by atomic mass is 35.5. The van der Waals surface area contributed by atoms with Crippen molar-refractivity contribution in [3.63, 3.8) is 0 Å². The molecule has 0 aliphatic heterocycles. The number of nitrogens with one attached hydrogen (secondary N) is 1. The fourth-order valence-corrected chi connectivity index (χ4v) is 2.50. The summed E-state index contributed by atoms with van der Waals surface area (Å²) in [5.74, 6) is -0.112. The van der Waals surface area contributed by atoms with Crippen LogP contribution in [0.2, 0.25) is 5.02 Å². The molecule has 0 aromatic heterocycles. The van der Waals surface area contributed by atoms with Crippen molar-refractivity contribution in [2.75, 3.05) is 13.7 Å². The summed E-state index contributed by atoms with van der Waals surface area (Å²) in [6, 6.07) is 8.43. The molecule has 0 radical (unpaired) electrons.